The number of benzene rings is 1. The van der Waals surface area contributed by atoms with Crippen LogP contribution in [-0.2, 0) is 11.0 Å². The Bertz CT molecular complexity index is 508. The first-order chi connectivity index (χ1) is 9.62. The van der Waals surface area contributed by atoms with E-state index in [1.165, 1.54) is 13.0 Å². The van der Waals surface area contributed by atoms with Crippen LogP contribution in [0.4, 0.5) is 13.2 Å². The van der Waals surface area contributed by atoms with Gasteiger partial charge in [-0.1, -0.05) is 29.4 Å². The highest BCUT2D eigenvalue weighted by molar-refractivity contribution is 8.13. The average Bonchev–Trinajstić information content (AvgIpc) is 2.36. The molecule has 0 spiro atoms. The average molecular weight is 343 g/mol. The molecule has 1 aromatic carbocycles. The third-order valence-corrected chi connectivity index (χ3v) is 3.90. The van der Waals surface area contributed by atoms with Crippen molar-refractivity contribution in [1.82, 2.24) is 0 Å². The largest absolute Gasteiger partial charge is 0.417 e. The minimum absolute atomic E-state index is 0.0768. The molecule has 1 rings (SSSR count). The first-order valence-electron chi connectivity index (χ1n) is 5.99. The minimum Gasteiger partial charge on any atom is -0.390 e. The van der Waals surface area contributed by atoms with E-state index in [0.717, 1.165) is 17.8 Å². The zero-order valence-corrected chi connectivity index (χ0v) is 12.6. The van der Waals surface area contributed by atoms with Gasteiger partial charge in [0.2, 0.25) is 0 Å². The molecule has 0 aliphatic rings. The maximum atomic E-state index is 12.7. The molecule has 21 heavy (non-hydrogen) atoms. The summed E-state index contributed by atoms with van der Waals surface area (Å²) in [6.07, 6.45) is -7.30. The second kappa shape index (κ2) is 7.49. The molecule has 0 fully saturated rings. The molecule has 8 heteroatoms. The highest BCUT2D eigenvalue weighted by atomic mass is 35.5. The van der Waals surface area contributed by atoms with E-state index in [9.17, 15) is 28.2 Å². The normalized spacial score (nSPS) is 14.8. The topological polar surface area (TPSA) is 57.5 Å². The van der Waals surface area contributed by atoms with Gasteiger partial charge >= 0.3 is 6.18 Å². The van der Waals surface area contributed by atoms with Gasteiger partial charge in [-0.15, -0.1) is 0 Å². The summed E-state index contributed by atoms with van der Waals surface area (Å²) in [5, 5.41) is 19.0. The molecule has 0 saturated heterocycles. The summed E-state index contributed by atoms with van der Waals surface area (Å²) in [7, 11) is 0. The summed E-state index contributed by atoms with van der Waals surface area (Å²) in [4.78, 5) is 10.7. The van der Waals surface area contributed by atoms with Crippen molar-refractivity contribution in [2.75, 3.05) is 5.75 Å². The maximum absolute atomic E-state index is 12.7. The molecule has 3 nitrogen and oxygen atoms in total. The Morgan fingerprint density at radius 1 is 1.38 bits per heavy atom. The monoisotopic (exact) mass is 342 g/mol. The van der Waals surface area contributed by atoms with Gasteiger partial charge in [0.05, 0.1) is 16.7 Å². The van der Waals surface area contributed by atoms with E-state index in [2.05, 4.69) is 0 Å². The van der Waals surface area contributed by atoms with E-state index < -0.39 is 29.0 Å². The smallest absolute Gasteiger partial charge is 0.390 e. The number of hydrogen-bond donors (Lipinski definition) is 2. The van der Waals surface area contributed by atoms with Gasteiger partial charge in [0, 0.05) is 12.7 Å². The Hall–Kier alpha value is -0.760. The fraction of sp³-hybridized carbons (Fsp3) is 0.462. The Balaban J connectivity index is 2.82. The lowest BCUT2D eigenvalue weighted by Gasteiger charge is -2.19. The fourth-order valence-corrected chi connectivity index (χ4v) is 2.52. The number of rotatable bonds is 5. The Kier molecular flexibility index (Phi) is 6.52. The molecule has 0 amide bonds. The molecule has 0 aliphatic carbocycles. The number of alkyl halides is 3. The zero-order valence-electron chi connectivity index (χ0n) is 11.0. The van der Waals surface area contributed by atoms with E-state index in [0.29, 0.717) is 6.07 Å². The molecule has 2 atom stereocenters. The van der Waals surface area contributed by atoms with Crippen LogP contribution in [0.1, 0.15) is 30.6 Å². The number of hydrogen-bond acceptors (Lipinski definition) is 4. The van der Waals surface area contributed by atoms with Crippen molar-refractivity contribution in [1.29, 1.82) is 0 Å². The molecule has 0 bridgehead atoms. The molecule has 0 heterocycles. The van der Waals surface area contributed by atoms with E-state index in [1.807, 2.05) is 0 Å². The van der Waals surface area contributed by atoms with Gasteiger partial charge in [-0.2, -0.15) is 13.2 Å². The van der Waals surface area contributed by atoms with E-state index in [4.69, 9.17) is 11.6 Å². The highest BCUT2D eigenvalue weighted by Gasteiger charge is 2.34. The summed E-state index contributed by atoms with van der Waals surface area (Å²) in [5.41, 5.74) is -1.14. The lowest BCUT2D eigenvalue weighted by molar-refractivity contribution is -0.137. The van der Waals surface area contributed by atoms with Crippen molar-refractivity contribution < 1.29 is 28.2 Å². The number of halogens is 4. The standard InChI is InChI=1S/C13H14ClF3O3S/c1-7(18)21-5-4-11(19)12(20)8-2-3-10(14)9(6-8)13(15,16)17/h2-3,6,11-12,19-20H,4-5H2,1H3. The molecular formula is C13H14ClF3O3S. The lowest BCUT2D eigenvalue weighted by atomic mass is 10.0. The van der Waals surface area contributed by atoms with Gasteiger partial charge in [0.25, 0.3) is 0 Å². The van der Waals surface area contributed by atoms with Crippen LogP contribution in [0.25, 0.3) is 0 Å². The molecule has 0 radical (unpaired) electrons. The number of carbonyl (C=O) groups is 1. The Morgan fingerprint density at radius 2 is 2.00 bits per heavy atom. The van der Waals surface area contributed by atoms with Crippen LogP contribution >= 0.6 is 23.4 Å². The van der Waals surface area contributed by atoms with Crippen molar-refractivity contribution in [2.45, 2.75) is 31.7 Å². The van der Waals surface area contributed by atoms with E-state index in [1.54, 1.807) is 0 Å². The predicted octanol–water partition coefficient (Wildman–Crippen LogP) is 3.42. The van der Waals surface area contributed by atoms with Gasteiger partial charge < -0.3 is 10.2 Å². The molecule has 1 aromatic rings. The second-order valence-corrected chi connectivity index (χ2v) is 6.06. The van der Waals surface area contributed by atoms with Crippen LogP contribution in [0, 0.1) is 0 Å². The van der Waals surface area contributed by atoms with Crippen molar-refractivity contribution in [2.24, 2.45) is 0 Å². The van der Waals surface area contributed by atoms with Crippen LogP contribution in [0.2, 0.25) is 5.02 Å². The highest BCUT2D eigenvalue weighted by Crippen LogP contribution is 2.36. The Morgan fingerprint density at radius 3 is 2.52 bits per heavy atom. The quantitative estimate of drug-likeness (QED) is 0.861. The predicted molar refractivity (Wildman–Crippen MR) is 75.2 cm³/mol. The summed E-state index contributed by atoms with van der Waals surface area (Å²) in [6, 6.07) is 2.97. The second-order valence-electron chi connectivity index (χ2n) is 4.38. The van der Waals surface area contributed by atoms with Crippen LogP contribution in [0.3, 0.4) is 0 Å². The van der Waals surface area contributed by atoms with Crippen LogP contribution < -0.4 is 0 Å². The minimum atomic E-state index is -4.64. The number of thioether (sulfide) groups is 1. The molecule has 0 aromatic heterocycles. The summed E-state index contributed by atoms with van der Waals surface area (Å²) in [5.74, 6) is 0.271. The SMILES string of the molecule is CC(=O)SCCC(O)C(O)c1ccc(Cl)c(C(F)(F)F)c1. The van der Waals surface area contributed by atoms with Gasteiger partial charge in [-0.05, 0) is 24.1 Å². The van der Waals surface area contributed by atoms with E-state index in [-0.39, 0.29) is 22.9 Å². The maximum Gasteiger partial charge on any atom is 0.417 e. The van der Waals surface area contributed by atoms with Gasteiger partial charge in [-0.3, -0.25) is 4.79 Å². The first-order valence-corrected chi connectivity index (χ1v) is 7.35. The zero-order chi connectivity index (χ0) is 16.2. The van der Waals surface area contributed by atoms with Crippen molar-refractivity contribution in [3.63, 3.8) is 0 Å². The molecular weight excluding hydrogens is 329 g/mol. The van der Waals surface area contributed by atoms with Crippen LogP contribution in [0.15, 0.2) is 18.2 Å². The first kappa shape index (κ1) is 18.3. The summed E-state index contributed by atoms with van der Waals surface area (Å²) < 4.78 is 38.1. The van der Waals surface area contributed by atoms with Gasteiger partial charge in [0.1, 0.15) is 6.10 Å². The van der Waals surface area contributed by atoms with Crippen molar-refractivity contribution in [3.8, 4) is 0 Å². The molecule has 2 N–H and O–H groups in total. The number of aliphatic hydroxyl groups excluding tert-OH is 2. The number of carbonyl (C=O) groups excluding carboxylic acids is 1. The van der Waals surface area contributed by atoms with Gasteiger partial charge in [-0.25, -0.2) is 0 Å². The van der Waals surface area contributed by atoms with Crippen molar-refractivity contribution in [3.05, 3.63) is 34.3 Å². The van der Waals surface area contributed by atoms with Crippen molar-refractivity contribution >= 4 is 28.5 Å². The Labute approximate surface area is 129 Å². The third kappa shape index (κ3) is 5.50. The summed E-state index contributed by atoms with van der Waals surface area (Å²) in [6.45, 7) is 1.36. The molecule has 118 valence electrons. The van der Waals surface area contributed by atoms with Gasteiger partial charge in [0.15, 0.2) is 5.12 Å². The molecule has 0 aliphatic heterocycles. The van der Waals surface area contributed by atoms with Crippen LogP contribution in [-0.4, -0.2) is 27.2 Å². The molecule has 0 saturated carbocycles. The fourth-order valence-electron chi connectivity index (χ4n) is 1.65. The molecule has 2 unspecified atom stereocenters. The lowest BCUT2D eigenvalue weighted by Crippen LogP contribution is -2.20. The number of aliphatic hydroxyl groups is 2. The van der Waals surface area contributed by atoms with E-state index >= 15 is 0 Å². The third-order valence-electron chi connectivity index (χ3n) is 2.72. The summed E-state index contributed by atoms with van der Waals surface area (Å²) >= 11 is 6.45. The van der Waals surface area contributed by atoms with Crippen LogP contribution in [0.5, 0.6) is 0 Å².